The molecule has 0 N–H and O–H groups in total. The number of hydrogen-bond acceptors (Lipinski definition) is 4. The van der Waals surface area contributed by atoms with Crippen molar-refractivity contribution >= 4 is 11.4 Å². The zero-order valence-corrected chi connectivity index (χ0v) is 22.5. The summed E-state index contributed by atoms with van der Waals surface area (Å²) in [5.74, 6) is 0. The van der Waals surface area contributed by atoms with Gasteiger partial charge in [-0.3, -0.25) is 0 Å². The van der Waals surface area contributed by atoms with E-state index in [1.54, 1.807) is 0 Å². The van der Waals surface area contributed by atoms with Gasteiger partial charge in [-0.25, -0.2) is 0 Å². The summed E-state index contributed by atoms with van der Waals surface area (Å²) in [6.07, 6.45) is 2.41. The Balaban J connectivity index is 1.31. The van der Waals surface area contributed by atoms with Crippen LogP contribution >= 0.6 is 0 Å². The first-order valence-corrected chi connectivity index (χ1v) is 12.7. The van der Waals surface area contributed by atoms with E-state index in [0.29, 0.717) is 0 Å². The smallest absolute Gasteiger partial charge is 0.0946 e. The largest absolute Gasteiger partial charge is 0.356 e. The van der Waals surface area contributed by atoms with Crippen molar-refractivity contribution in [1.29, 1.82) is 0 Å². The van der Waals surface area contributed by atoms with Crippen molar-refractivity contribution in [2.24, 2.45) is 0 Å². The highest BCUT2D eigenvalue weighted by Crippen LogP contribution is 2.32. The fourth-order valence-corrected chi connectivity index (χ4v) is 5.46. The Morgan fingerprint density at radius 3 is 1.12 bits per heavy atom. The molecule has 0 fully saturated rings. The van der Waals surface area contributed by atoms with E-state index in [4.69, 9.17) is 0 Å². The predicted octanol–water partition coefficient (Wildman–Crippen LogP) is 7.06. The maximum Gasteiger partial charge on any atom is 0.0946 e. The maximum absolute atomic E-state index is 2.55. The van der Waals surface area contributed by atoms with Gasteiger partial charge in [-0.1, -0.05) is 12.1 Å². The summed E-state index contributed by atoms with van der Waals surface area (Å²) in [6.45, 7) is 22.0. The highest BCUT2D eigenvalue weighted by molar-refractivity contribution is 5.58. The topological polar surface area (TPSA) is 13.0 Å². The zero-order valence-electron chi connectivity index (χ0n) is 22.5. The second-order valence-electron chi connectivity index (χ2n) is 10.4. The number of nitrogens with zero attached hydrogens (tertiary/aromatic N) is 4. The van der Waals surface area contributed by atoms with Crippen LogP contribution in [0.2, 0.25) is 0 Å². The van der Waals surface area contributed by atoms with Crippen LogP contribution in [0.3, 0.4) is 0 Å². The summed E-state index contributed by atoms with van der Waals surface area (Å²) in [5, 5.41) is 0. The number of hydrogen-bond donors (Lipinski definition) is 0. The standard InChI is InChI=1S/C30H42N4/c1-21-13-22(2)16-29(15-21)33-19-31(25(5)27(33)7)11-9-10-12-32-20-34(28(8)26(32)6)30-17-23(3)14-24(4)18-30/h13-18H,9-12,19-20H2,1-8H3. The van der Waals surface area contributed by atoms with E-state index in [1.807, 2.05) is 0 Å². The van der Waals surface area contributed by atoms with Crippen LogP contribution in [0.25, 0.3) is 0 Å². The first-order valence-electron chi connectivity index (χ1n) is 12.7. The molecule has 0 saturated heterocycles. The van der Waals surface area contributed by atoms with Gasteiger partial charge in [0.05, 0.1) is 13.3 Å². The second kappa shape index (κ2) is 9.77. The van der Waals surface area contributed by atoms with Crippen molar-refractivity contribution in [3.8, 4) is 0 Å². The number of benzene rings is 2. The molecule has 34 heavy (non-hydrogen) atoms. The van der Waals surface area contributed by atoms with Gasteiger partial charge in [0.25, 0.3) is 0 Å². The Bertz CT molecular complexity index is 997. The van der Waals surface area contributed by atoms with E-state index in [9.17, 15) is 0 Å². The maximum atomic E-state index is 2.55. The molecule has 0 aromatic heterocycles. The highest BCUT2D eigenvalue weighted by Gasteiger charge is 2.26. The second-order valence-corrected chi connectivity index (χ2v) is 10.4. The van der Waals surface area contributed by atoms with Gasteiger partial charge in [0.2, 0.25) is 0 Å². The van der Waals surface area contributed by atoms with Crippen molar-refractivity contribution in [2.45, 2.75) is 68.2 Å². The zero-order chi connectivity index (χ0) is 24.6. The molecule has 4 heteroatoms. The Labute approximate surface area is 207 Å². The molecular formula is C30H42N4. The van der Waals surface area contributed by atoms with Crippen LogP contribution in [-0.4, -0.2) is 36.2 Å². The third-order valence-corrected chi connectivity index (χ3v) is 7.57. The van der Waals surface area contributed by atoms with Crippen LogP contribution in [0.15, 0.2) is 59.2 Å². The Kier molecular flexibility index (Phi) is 6.97. The lowest BCUT2D eigenvalue weighted by atomic mass is 10.1. The molecule has 4 rings (SSSR count). The Morgan fingerprint density at radius 1 is 0.471 bits per heavy atom. The molecule has 0 saturated carbocycles. The average molecular weight is 459 g/mol. The van der Waals surface area contributed by atoms with Crippen molar-refractivity contribution in [1.82, 2.24) is 9.80 Å². The molecule has 0 amide bonds. The van der Waals surface area contributed by atoms with Gasteiger partial charge < -0.3 is 19.6 Å². The van der Waals surface area contributed by atoms with E-state index in [0.717, 1.165) is 26.4 Å². The fourth-order valence-electron chi connectivity index (χ4n) is 5.46. The van der Waals surface area contributed by atoms with E-state index < -0.39 is 0 Å². The third-order valence-electron chi connectivity index (χ3n) is 7.57. The van der Waals surface area contributed by atoms with Crippen LogP contribution in [0, 0.1) is 27.7 Å². The summed E-state index contributed by atoms with van der Waals surface area (Å²) in [6, 6.07) is 13.7. The molecule has 4 nitrogen and oxygen atoms in total. The number of allylic oxidation sites excluding steroid dienone is 4. The van der Waals surface area contributed by atoms with Gasteiger partial charge in [-0.15, -0.1) is 0 Å². The van der Waals surface area contributed by atoms with Crippen LogP contribution in [0.1, 0.15) is 62.8 Å². The van der Waals surface area contributed by atoms with Crippen molar-refractivity contribution in [3.63, 3.8) is 0 Å². The minimum Gasteiger partial charge on any atom is -0.356 e. The molecule has 0 aliphatic carbocycles. The number of anilines is 2. The highest BCUT2D eigenvalue weighted by atomic mass is 15.4. The summed E-state index contributed by atoms with van der Waals surface area (Å²) in [4.78, 5) is 10.0. The number of aryl methyl sites for hydroxylation is 4. The molecule has 0 atom stereocenters. The fraction of sp³-hybridized carbons (Fsp3) is 0.467. The van der Waals surface area contributed by atoms with Gasteiger partial charge >= 0.3 is 0 Å². The number of unbranched alkanes of at least 4 members (excludes halogenated alkanes) is 1. The third kappa shape index (κ3) is 4.96. The molecule has 2 aromatic carbocycles. The van der Waals surface area contributed by atoms with E-state index in [1.165, 1.54) is 69.3 Å². The molecule has 2 heterocycles. The molecule has 0 spiro atoms. The summed E-state index contributed by atoms with van der Waals surface area (Å²) >= 11 is 0. The van der Waals surface area contributed by atoms with Gasteiger partial charge in [-0.05, 0) is 115 Å². The minimum absolute atomic E-state index is 0.961. The van der Waals surface area contributed by atoms with Gasteiger partial charge in [0.15, 0.2) is 0 Å². The molecule has 2 aliphatic heterocycles. The Morgan fingerprint density at radius 2 is 0.794 bits per heavy atom. The van der Waals surface area contributed by atoms with Crippen molar-refractivity contribution in [2.75, 3.05) is 36.2 Å². The van der Waals surface area contributed by atoms with Crippen LogP contribution in [-0.2, 0) is 0 Å². The Hall–Kier alpha value is -2.88. The van der Waals surface area contributed by atoms with Gasteiger partial charge in [0, 0.05) is 47.3 Å². The lowest BCUT2D eigenvalue weighted by Gasteiger charge is -2.26. The first-order chi connectivity index (χ1) is 16.1. The van der Waals surface area contributed by atoms with E-state index >= 15 is 0 Å². The van der Waals surface area contributed by atoms with E-state index in [-0.39, 0.29) is 0 Å². The van der Waals surface area contributed by atoms with Crippen LogP contribution in [0.4, 0.5) is 11.4 Å². The average Bonchev–Trinajstić information content (AvgIpc) is 3.20. The van der Waals surface area contributed by atoms with Gasteiger partial charge in [-0.2, -0.15) is 0 Å². The quantitative estimate of drug-likeness (QED) is 0.412. The van der Waals surface area contributed by atoms with Crippen molar-refractivity contribution < 1.29 is 0 Å². The van der Waals surface area contributed by atoms with Gasteiger partial charge in [0.1, 0.15) is 0 Å². The molecule has 0 bridgehead atoms. The van der Waals surface area contributed by atoms with Crippen LogP contribution in [0.5, 0.6) is 0 Å². The lowest BCUT2D eigenvalue weighted by Crippen LogP contribution is -2.30. The molecule has 182 valence electrons. The summed E-state index contributed by atoms with van der Waals surface area (Å²) in [5.41, 5.74) is 13.5. The first kappa shape index (κ1) is 24.3. The molecule has 2 aromatic rings. The summed E-state index contributed by atoms with van der Waals surface area (Å²) in [7, 11) is 0. The van der Waals surface area contributed by atoms with E-state index in [2.05, 4.69) is 111 Å². The van der Waals surface area contributed by atoms with Crippen molar-refractivity contribution in [3.05, 3.63) is 81.4 Å². The molecule has 2 aliphatic rings. The molecular weight excluding hydrogens is 416 g/mol. The minimum atomic E-state index is 0.961. The number of rotatable bonds is 7. The molecule has 0 radical (unpaired) electrons. The van der Waals surface area contributed by atoms with Crippen LogP contribution < -0.4 is 9.80 Å². The monoisotopic (exact) mass is 458 g/mol. The predicted molar refractivity (Wildman–Crippen MR) is 146 cm³/mol. The lowest BCUT2D eigenvalue weighted by molar-refractivity contribution is 0.329. The molecule has 0 unspecified atom stereocenters. The summed E-state index contributed by atoms with van der Waals surface area (Å²) < 4.78 is 0. The SMILES string of the molecule is CC1=C(C)N(c2cc(C)cc(C)c2)CN1CCCCN1CN(c2cc(C)cc(C)c2)C(C)=C1C. The normalized spacial score (nSPS) is 16.6.